The van der Waals surface area contributed by atoms with Gasteiger partial charge in [-0.1, -0.05) is 45.4 Å². The van der Waals surface area contributed by atoms with Gasteiger partial charge in [-0.3, -0.25) is 0 Å². The van der Waals surface area contributed by atoms with Crippen molar-refractivity contribution in [3.05, 3.63) is 23.8 Å². The minimum atomic E-state index is 0.795. The van der Waals surface area contributed by atoms with E-state index in [1.54, 1.807) is 7.11 Å². The van der Waals surface area contributed by atoms with Crippen LogP contribution in [0.3, 0.4) is 0 Å². The second kappa shape index (κ2) is 11.4. The summed E-state index contributed by atoms with van der Waals surface area (Å²) < 4.78 is 11.2. The van der Waals surface area contributed by atoms with Gasteiger partial charge in [-0.2, -0.15) is 0 Å². The van der Waals surface area contributed by atoms with E-state index in [0.717, 1.165) is 36.6 Å². The molecule has 3 nitrogen and oxygen atoms in total. The molecule has 0 bridgehead atoms. The highest BCUT2D eigenvalue weighted by molar-refractivity contribution is 5.40. The maximum Gasteiger partial charge on any atom is 0.124 e. The van der Waals surface area contributed by atoms with Gasteiger partial charge in [0.25, 0.3) is 0 Å². The molecule has 1 aromatic carbocycles. The molecule has 21 heavy (non-hydrogen) atoms. The van der Waals surface area contributed by atoms with Gasteiger partial charge in [0.2, 0.25) is 0 Å². The Morgan fingerprint density at radius 3 is 2.38 bits per heavy atom. The number of rotatable bonds is 12. The fraction of sp³-hybridized carbons (Fsp3) is 0.667. The van der Waals surface area contributed by atoms with Crippen LogP contribution in [0.1, 0.15) is 57.4 Å². The van der Waals surface area contributed by atoms with Crippen molar-refractivity contribution >= 4 is 0 Å². The summed E-state index contributed by atoms with van der Waals surface area (Å²) in [6.45, 7) is 3.85. The van der Waals surface area contributed by atoms with Crippen molar-refractivity contribution in [1.29, 1.82) is 0 Å². The standard InChI is InChI=1S/C18H31NO2/c1-4-5-6-7-8-9-10-13-21-18-12-11-17(20-3)14-16(18)15-19-2/h11-12,14,19H,4-10,13,15H2,1-3H3. The van der Waals surface area contributed by atoms with Crippen LogP contribution in [0.5, 0.6) is 11.5 Å². The lowest BCUT2D eigenvalue weighted by Crippen LogP contribution is -2.08. The first-order chi connectivity index (χ1) is 10.3. The zero-order chi connectivity index (χ0) is 15.3. The van der Waals surface area contributed by atoms with Crippen LogP contribution in [0.2, 0.25) is 0 Å². The lowest BCUT2D eigenvalue weighted by atomic mass is 10.1. The molecule has 0 aliphatic heterocycles. The molecule has 0 radical (unpaired) electrons. The topological polar surface area (TPSA) is 30.5 Å². The van der Waals surface area contributed by atoms with Crippen LogP contribution < -0.4 is 14.8 Å². The van der Waals surface area contributed by atoms with Gasteiger partial charge in [0.05, 0.1) is 13.7 Å². The zero-order valence-electron chi connectivity index (χ0n) is 13.9. The van der Waals surface area contributed by atoms with Gasteiger partial charge in [0, 0.05) is 12.1 Å². The number of hydrogen-bond acceptors (Lipinski definition) is 3. The summed E-state index contributed by atoms with van der Waals surface area (Å²) in [5, 5.41) is 3.17. The van der Waals surface area contributed by atoms with E-state index in [1.807, 2.05) is 25.2 Å². The third-order valence-corrected chi connectivity index (χ3v) is 3.64. The average Bonchev–Trinajstić information content (AvgIpc) is 2.51. The van der Waals surface area contributed by atoms with Crippen molar-refractivity contribution < 1.29 is 9.47 Å². The molecule has 1 rings (SSSR count). The predicted molar refractivity (Wildman–Crippen MR) is 89.2 cm³/mol. The van der Waals surface area contributed by atoms with E-state index in [9.17, 15) is 0 Å². The average molecular weight is 293 g/mol. The molecule has 0 aliphatic carbocycles. The zero-order valence-corrected chi connectivity index (χ0v) is 13.9. The molecule has 0 atom stereocenters. The van der Waals surface area contributed by atoms with Crippen molar-refractivity contribution in [2.24, 2.45) is 0 Å². The monoisotopic (exact) mass is 293 g/mol. The smallest absolute Gasteiger partial charge is 0.124 e. The van der Waals surface area contributed by atoms with Crippen LogP contribution in [-0.4, -0.2) is 20.8 Å². The van der Waals surface area contributed by atoms with Gasteiger partial charge < -0.3 is 14.8 Å². The largest absolute Gasteiger partial charge is 0.497 e. The summed E-state index contributed by atoms with van der Waals surface area (Å²) in [7, 11) is 3.64. The second-order valence-electron chi connectivity index (χ2n) is 5.47. The Bertz CT molecular complexity index is 379. The van der Waals surface area contributed by atoms with Gasteiger partial charge >= 0.3 is 0 Å². The summed E-state index contributed by atoms with van der Waals surface area (Å²) in [5.41, 5.74) is 1.15. The van der Waals surface area contributed by atoms with Crippen LogP contribution in [0.4, 0.5) is 0 Å². The first kappa shape index (κ1) is 17.8. The Labute approximate surface area is 130 Å². The van der Waals surface area contributed by atoms with E-state index in [1.165, 1.54) is 38.5 Å². The predicted octanol–water partition coefficient (Wildman–Crippen LogP) is 4.54. The molecule has 1 N–H and O–H groups in total. The summed E-state index contributed by atoms with van der Waals surface area (Å²) in [5.74, 6) is 1.85. The Balaban J connectivity index is 2.27. The van der Waals surface area contributed by atoms with Crippen LogP contribution in [0, 0.1) is 0 Å². The second-order valence-corrected chi connectivity index (χ2v) is 5.47. The lowest BCUT2D eigenvalue weighted by Gasteiger charge is -2.12. The highest BCUT2D eigenvalue weighted by atomic mass is 16.5. The van der Waals surface area contributed by atoms with Crippen molar-refractivity contribution in [2.75, 3.05) is 20.8 Å². The van der Waals surface area contributed by atoms with Crippen LogP contribution >= 0.6 is 0 Å². The number of ether oxygens (including phenoxy) is 2. The van der Waals surface area contributed by atoms with Gasteiger partial charge in [0.15, 0.2) is 0 Å². The quantitative estimate of drug-likeness (QED) is 0.574. The van der Waals surface area contributed by atoms with E-state index < -0.39 is 0 Å². The van der Waals surface area contributed by atoms with Crippen LogP contribution in [0.25, 0.3) is 0 Å². The summed E-state index contributed by atoms with van der Waals surface area (Å²) in [4.78, 5) is 0. The van der Waals surface area contributed by atoms with Gasteiger partial charge in [-0.05, 0) is 31.7 Å². The molecule has 0 heterocycles. The van der Waals surface area contributed by atoms with Crippen molar-refractivity contribution in [2.45, 2.75) is 58.4 Å². The normalized spacial score (nSPS) is 10.6. The number of methoxy groups -OCH3 is 1. The molecule has 0 aromatic heterocycles. The van der Waals surface area contributed by atoms with E-state index in [4.69, 9.17) is 9.47 Å². The maximum atomic E-state index is 5.92. The Kier molecular flexibility index (Phi) is 9.71. The Morgan fingerprint density at radius 1 is 1.00 bits per heavy atom. The fourth-order valence-corrected chi connectivity index (χ4v) is 2.39. The Morgan fingerprint density at radius 2 is 1.71 bits per heavy atom. The molecule has 0 aliphatic rings. The molecule has 0 saturated carbocycles. The fourth-order valence-electron chi connectivity index (χ4n) is 2.39. The number of nitrogens with one attached hydrogen (secondary N) is 1. The minimum Gasteiger partial charge on any atom is -0.497 e. The first-order valence-electron chi connectivity index (χ1n) is 8.26. The third kappa shape index (κ3) is 7.37. The van der Waals surface area contributed by atoms with Crippen LogP contribution in [0.15, 0.2) is 18.2 Å². The minimum absolute atomic E-state index is 0.795. The number of benzene rings is 1. The molecular weight excluding hydrogens is 262 g/mol. The molecule has 0 spiro atoms. The summed E-state index contributed by atoms with van der Waals surface area (Å²) in [6.07, 6.45) is 9.15. The SMILES string of the molecule is CCCCCCCCCOc1ccc(OC)cc1CNC. The first-order valence-corrected chi connectivity index (χ1v) is 8.26. The summed E-state index contributed by atoms with van der Waals surface area (Å²) >= 11 is 0. The number of hydrogen-bond donors (Lipinski definition) is 1. The Hall–Kier alpha value is -1.22. The van der Waals surface area contributed by atoms with E-state index >= 15 is 0 Å². The van der Waals surface area contributed by atoms with Crippen molar-refractivity contribution in [3.8, 4) is 11.5 Å². The van der Waals surface area contributed by atoms with E-state index in [0.29, 0.717) is 0 Å². The molecule has 0 unspecified atom stereocenters. The van der Waals surface area contributed by atoms with E-state index in [-0.39, 0.29) is 0 Å². The molecular formula is C18H31NO2. The lowest BCUT2D eigenvalue weighted by molar-refractivity contribution is 0.300. The van der Waals surface area contributed by atoms with Crippen molar-refractivity contribution in [1.82, 2.24) is 5.32 Å². The maximum absolute atomic E-state index is 5.92. The highest BCUT2D eigenvalue weighted by Gasteiger charge is 2.05. The molecule has 3 heteroatoms. The van der Waals surface area contributed by atoms with Gasteiger partial charge in [-0.25, -0.2) is 0 Å². The highest BCUT2D eigenvalue weighted by Crippen LogP contribution is 2.24. The van der Waals surface area contributed by atoms with Gasteiger partial charge in [0.1, 0.15) is 11.5 Å². The van der Waals surface area contributed by atoms with E-state index in [2.05, 4.69) is 12.2 Å². The molecule has 0 saturated heterocycles. The van der Waals surface area contributed by atoms with Crippen LogP contribution in [-0.2, 0) is 6.54 Å². The number of unbranched alkanes of at least 4 members (excludes halogenated alkanes) is 6. The molecule has 0 amide bonds. The molecule has 120 valence electrons. The van der Waals surface area contributed by atoms with Gasteiger partial charge in [-0.15, -0.1) is 0 Å². The summed E-state index contributed by atoms with van der Waals surface area (Å²) in [6, 6.07) is 6.00. The molecule has 1 aromatic rings. The third-order valence-electron chi connectivity index (χ3n) is 3.64. The van der Waals surface area contributed by atoms with Crippen molar-refractivity contribution in [3.63, 3.8) is 0 Å². The molecule has 0 fully saturated rings.